The van der Waals surface area contributed by atoms with E-state index >= 15 is 0 Å². The predicted molar refractivity (Wildman–Crippen MR) is 171 cm³/mol. The van der Waals surface area contributed by atoms with Gasteiger partial charge in [-0.15, -0.1) is 5.10 Å². The maximum atomic E-state index is 12.8. The highest BCUT2D eigenvalue weighted by Gasteiger charge is 2.15. The van der Waals surface area contributed by atoms with E-state index in [0.717, 1.165) is 22.7 Å². The number of nitrogens with zero attached hydrogens (tertiary/aromatic N) is 7. The number of pyridine rings is 1. The zero-order valence-electron chi connectivity index (χ0n) is 24.9. The molecule has 226 valence electrons. The van der Waals surface area contributed by atoms with Crippen LogP contribution in [-0.2, 0) is 17.8 Å². The molecule has 1 amide bonds. The molecular formula is C35H28N8O3. The van der Waals surface area contributed by atoms with Crippen LogP contribution < -0.4 is 14.8 Å². The lowest BCUT2D eigenvalue weighted by Gasteiger charge is -2.10. The Kier molecular flexibility index (Phi) is 8.97. The van der Waals surface area contributed by atoms with Crippen molar-refractivity contribution in [2.75, 3.05) is 19.0 Å². The number of para-hydroxylation sites is 2. The van der Waals surface area contributed by atoms with Crippen molar-refractivity contribution in [3.8, 4) is 40.2 Å². The first kappa shape index (κ1) is 29.7. The normalized spacial score (nSPS) is 10.6. The molecule has 0 spiro atoms. The Bertz CT molecular complexity index is 2020. The highest BCUT2D eigenvalue weighted by molar-refractivity contribution is 5.90. The molecule has 0 atom stereocenters. The van der Waals surface area contributed by atoms with Crippen molar-refractivity contribution in [3.63, 3.8) is 0 Å². The maximum absolute atomic E-state index is 12.8. The molecule has 11 heteroatoms. The van der Waals surface area contributed by atoms with Gasteiger partial charge in [0.05, 0.1) is 48.6 Å². The van der Waals surface area contributed by atoms with E-state index in [2.05, 4.69) is 31.7 Å². The van der Waals surface area contributed by atoms with Gasteiger partial charge in [-0.1, -0.05) is 59.8 Å². The molecule has 11 nitrogen and oxygen atoms in total. The quantitative estimate of drug-likeness (QED) is 0.206. The SMILES string of the molecule is COc1ccccc1Cc1cccc(Cn2cc(-c3cc(-c4cccc(C#N)c4)nc(NC(=O)COc4ccccc4)n3)nn2)n1. The van der Waals surface area contributed by atoms with Crippen molar-refractivity contribution < 1.29 is 14.3 Å². The summed E-state index contributed by atoms with van der Waals surface area (Å²) in [6, 6.07) is 33.7. The van der Waals surface area contributed by atoms with Crippen molar-refractivity contribution in [3.05, 3.63) is 132 Å². The number of hydrogen-bond acceptors (Lipinski definition) is 9. The number of benzene rings is 3. The fraction of sp³-hybridized carbons (Fsp3) is 0.114. The van der Waals surface area contributed by atoms with Crippen LogP contribution in [-0.4, -0.2) is 49.6 Å². The van der Waals surface area contributed by atoms with E-state index in [1.807, 2.05) is 66.7 Å². The van der Waals surface area contributed by atoms with Crippen LogP contribution in [0.1, 0.15) is 22.5 Å². The maximum Gasteiger partial charge on any atom is 0.264 e. The molecule has 46 heavy (non-hydrogen) atoms. The molecular weight excluding hydrogens is 580 g/mol. The van der Waals surface area contributed by atoms with Gasteiger partial charge in [-0.25, -0.2) is 14.6 Å². The summed E-state index contributed by atoms with van der Waals surface area (Å²) in [7, 11) is 1.66. The summed E-state index contributed by atoms with van der Waals surface area (Å²) in [6.07, 6.45) is 2.39. The van der Waals surface area contributed by atoms with E-state index in [-0.39, 0.29) is 12.6 Å². The smallest absolute Gasteiger partial charge is 0.264 e. The molecule has 0 saturated heterocycles. The molecule has 3 aromatic heterocycles. The second-order valence-electron chi connectivity index (χ2n) is 10.2. The Balaban J connectivity index is 1.23. The zero-order valence-corrected chi connectivity index (χ0v) is 24.9. The third kappa shape index (κ3) is 7.38. The topological polar surface area (TPSA) is 141 Å². The number of amides is 1. The standard InChI is InChI=1S/C35H28N8O3/c1-45-33-16-6-5-10-26(33)18-27-12-8-13-28(37-27)21-43-22-32(41-42-43)31-19-30(25-11-7-9-24(17-25)20-36)38-35(39-31)40-34(44)23-46-29-14-3-2-4-15-29/h2-17,19,22H,18,21,23H2,1H3,(H,38,39,40,44). The van der Waals surface area contributed by atoms with E-state index in [0.29, 0.717) is 46.9 Å². The van der Waals surface area contributed by atoms with Crippen LogP contribution in [0.25, 0.3) is 22.6 Å². The molecule has 0 aliphatic rings. The Morgan fingerprint density at radius 2 is 1.63 bits per heavy atom. The van der Waals surface area contributed by atoms with Crippen molar-refractivity contribution in [2.24, 2.45) is 0 Å². The van der Waals surface area contributed by atoms with Gasteiger partial charge in [-0.2, -0.15) is 5.26 Å². The lowest BCUT2D eigenvalue weighted by atomic mass is 10.1. The Morgan fingerprint density at radius 1 is 0.848 bits per heavy atom. The molecule has 0 aliphatic heterocycles. The Hall–Kier alpha value is -6.41. The molecule has 0 bridgehead atoms. The fourth-order valence-electron chi connectivity index (χ4n) is 4.78. The Morgan fingerprint density at radius 3 is 2.48 bits per heavy atom. The van der Waals surface area contributed by atoms with Crippen molar-refractivity contribution in [1.29, 1.82) is 5.26 Å². The molecule has 1 N–H and O–H groups in total. The lowest BCUT2D eigenvalue weighted by Crippen LogP contribution is -2.21. The molecule has 0 aliphatic carbocycles. The monoisotopic (exact) mass is 608 g/mol. The average molecular weight is 609 g/mol. The summed E-state index contributed by atoms with van der Waals surface area (Å²) < 4.78 is 12.7. The average Bonchev–Trinajstić information content (AvgIpc) is 3.56. The van der Waals surface area contributed by atoms with Gasteiger partial charge in [0.15, 0.2) is 6.61 Å². The van der Waals surface area contributed by atoms with Crippen molar-refractivity contribution in [2.45, 2.75) is 13.0 Å². The molecule has 6 rings (SSSR count). The van der Waals surface area contributed by atoms with Crippen LogP contribution in [0.3, 0.4) is 0 Å². The number of carbonyl (C=O) groups is 1. The van der Waals surface area contributed by atoms with E-state index < -0.39 is 5.91 Å². The third-order valence-electron chi connectivity index (χ3n) is 6.93. The number of nitrogens with one attached hydrogen (secondary N) is 1. The van der Waals surface area contributed by atoms with E-state index in [4.69, 9.17) is 14.5 Å². The molecule has 0 saturated carbocycles. The highest BCUT2D eigenvalue weighted by Crippen LogP contribution is 2.25. The van der Waals surface area contributed by atoms with Gasteiger partial charge in [0.25, 0.3) is 5.91 Å². The van der Waals surface area contributed by atoms with Crippen LogP contribution in [0.15, 0.2) is 109 Å². The number of nitriles is 1. The van der Waals surface area contributed by atoms with Crippen LogP contribution in [0.4, 0.5) is 5.95 Å². The molecule has 6 aromatic rings. The zero-order chi connectivity index (χ0) is 31.7. The minimum atomic E-state index is -0.430. The summed E-state index contributed by atoms with van der Waals surface area (Å²) in [5.41, 5.74) is 5.34. The van der Waals surface area contributed by atoms with Crippen LogP contribution in [0.2, 0.25) is 0 Å². The first-order valence-corrected chi connectivity index (χ1v) is 14.4. The number of carbonyl (C=O) groups excluding carboxylic acids is 1. The Labute approximate surface area is 265 Å². The van der Waals surface area contributed by atoms with Gasteiger partial charge in [0.2, 0.25) is 5.95 Å². The van der Waals surface area contributed by atoms with Crippen molar-refractivity contribution in [1.82, 2.24) is 29.9 Å². The number of ether oxygens (including phenoxy) is 2. The fourth-order valence-corrected chi connectivity index (χ4v) is 4.78. The van der Waals surface area contributed by atoms with Crippen LogP contribution >= 0.6 is 0 Å². The van der Waals surface area contributed by atoms with Gasteiger partial charge in [-0.3, -0.25) is 15.1 Å². The van der Waals surface area contributed by atoms with Gasteiger partial charge in [0.1, 0.15) is 17.2 Å². The second kappa shape index (κ2) is 13.9. The first-order valence-electron chi connectivity index (χ1n) is 14.4. The van der Waals surface area contributed by atoms with E-state index in [9.17, 15) is 10.1 Å². The van der Waals surface area contributed by atoms with Gasteiger partial charge < -0.3 is 9.47 Å². The number of anilines is 1. The largest absolute Gasteiger partial charge is 0.496 e. The second-order valence-corrected chi connectivity index (χ2v) is 10.2. The van der Waals surface area contributed by atoms with Gasteiger partial charge in [0, 0.05) is 23.2 Å². The summed E-state index contributed by atoms with van der Waals surface area (Å²) >= 11 is 0. The van der Waals surface area contributed by atoms with E-state index in [1.54, 1.807) is 54.4 Å². The summed E-state index contributed by atoms with van der Waals surface area (Å²) in [5.74, 6) is 1.02. The molecule has 3 heterocycles. The third-order valence-corrected chi connectivity index (χ3v) is 6.93. The number of rotatable bonds is 11. The lowest BCUT2D eigenvalue weighted by molar-refractivity contribution is -0.118. The minimum absolute atomic E-state index is 0.0665. The number of aromatic nitrogens is 6. The summed E-state index contributed by atoms with van der Waals surface area (Å²) in [6.45, 7) is 0.158. The summed E-state index contributed by atoms with van der Waals surface area (Å²) in [5, 5.41) is 20.8. The van der Waals surface area contributed by atoms with E-state index in [1.165, 1.54) is 0 Å². The molecule has 0 radical (unpaired) electrons. The molecule has 0 unspecified atom stereocenters. The van der Waals surface area contributed by atoms with Crippen LogP contribution in [0.5, 0.6) is 11.5 Å². The van der Waals surface area contributed by atoms with Gasteiger partial charge >= 0.3 is 0 Å². The molecule has 0 fully saturated rings. The van der Waals surface area contributed by atoms with Gasteiger partial charge in [-0.05, 0) is 48.5 Å². The predicted octanol–water partition coefficient (Wildman–Crippen LogP) is 5.33. The summed E-state index contributed by atoms with van der Waals surface area (Å²) in [4.78, 5) is 26.7. The number of hydrogen-bond donors (Lipinski definition) is 1. The van der Waals surface area contributed by atoms with Crippen LogP contribution in [0, 0.1) is 11.3 Å². The molecule has 3 aromatic carbocycles. The highest BCUT2D eigenvalue weighted by atomic mass is 16.5. The number of methoxy groups -OCH3 is 1. The van der Waals surface area contributed by atoms with Crippen molar-refractivity contribution >= 4 is 11.9 Å². The minimum Gasteiger partial charge on any atom is -0.496 e. The first-order chi connectivity index (χ1) is 22.6.